The number of anilines is 1. The van der Waals surface area contributed by atoms with Gasteiger partial charge in [0, 0.05) is 26.0 Å². The fourth-order valence-electron chi connectivity index (χ4n) is 1.48. The third-order valence-electron chi connectivity index (χ3n) is 2.85. The van der Waals surface area contributed by atoms with E-state index in [9.17, 15) is 9.90 Å². The normalized spacial score (nSPS) is 12.3. The predicted molar refractivity (Wildman–Crippen MR) is 82.1 cm³/mol. The highest BCUT2D eigenvalue weighted by Crippen LogP contribution is 2.17. The minimum Gasteiger partial charge on any atom is -0.393 e. The van der Waals surface area contributed by atoms with E-state index in [4.69, 9.17) is 0 Å². The van der Waals surface area contributed by atoms with Crippen molar-refractivity contribution in [2.24, 2.45) is 5.92 Å². The zero-order valence-corrected chi connectivity index (χ0v) is 13.3. The number of rotatable bonds is 7. The molecule has 0 aliphatic heterocycles. The average Bonchev–Trinajstić information content (AvgIpc) is 2.85. The van der Waals surface area contributed by atoms with Crippen LogP contribution in [0.15, 0.2) is 5.38 Å². The second-order valence-electron chi connectivity index (χ2n) is 5.23. The average molecular weight is 300 g/mol. The summed E-state index contributed by atoms with van der Waals surface area (Å²) < 4.78 is 0. The van der Waals surface area contributed by atoms with Gasteiger partial charge in [0.15, 0.2) is 5.13 Å². The topological polar surface area (TPSA) is 77.5 Å². The van der Waals surface area contributed by atoms with Crippen molar-refractivity contribution in [2.45, 2.75) is 32.9 Å². The fourth-order valence-corrected chi connectivity index (χ4v) is 2.24. The molecule has 0 fully saturated rings. The van der Waals surface area contributed by atoms with Crippen LogP contribution in [0.2, 0.25) is 0 Å². The third kappa shape index (κ3) is 5.75. The van der Waals surface area contributed by atoms with Crippen LogP contribution in [0.5, 0.6) is 0 Å². The molecule has 0 radical (unpaired) electrons. The number of urea groups is 1. The second kappa shape index (κ2) is 8.06. The molecule has 3 N–H and O–H groups in total. The summed E-state index contributed by atoms with van der Waals surface area (Å²) in [5, 5.41) is 17.9. The van der Waals surface area contributed by atoms with Crippen molar-refractivity contribution < 1.29 is 9.90 Å². The van der Waals surface area contributed by atoms with Crippen molar-refractivity contribution in [1.29, 1.82) is 0 Å². The highest BCUT2D eigenvalue weighted by Gasteiger charge is 2.09. The lowest BCUT2D eigenvalue weighted by molar-refractivity contribution is 0.116. The van der Waals surface area contributed by atoms with E-state index < -0.39 is 0 Å². The molecule has 1 aromatic rings. The Kier molecular flexibility index (Phi) is 6.74. The number of nitrogens with zero attached hydrogens (tertiary/aromatic N) is 2. The standard InChI is InChI=1S/C13H24N4O2S/c1-9(2)11(18)5-6-14-12(19)15-7-10-8-20-13(16-10)17(3)4/h8-9,11,18H,5-7H2,1-4H3,(H2,14,15,19). The lowest BCUT2D eigenvalue weighted by atomic mass is 10.0. The fraction of sp³-hybridized carbons (Fsp3) is 0.692. The monoisotopic (exact) mass is 300 g/mol. The number of aromatic nitrogens is 1. The van der Waals surface area contributed by atoms with Gasteiger partial charge < -0.3 is 20.6 Å². The van der Waals surface area contributed by atoms with E-state index >= 15 is 0 Å². The molecule has 0 aromatic carbocycles. The van der Waals surface area contributed by atoms with Crippen LogP contribution in [0, 0.1) is 5.92 Å². The van der Waals surface area contributed by atoms with Crippen LogP contribution in [-0.4, -0.2) is 42.9 Å². The number of amides is 2. The molecule has 0 bridgehead atoms. The van der Waals surface area contributed by atoms with Gasteiger partial charge in [-0.1, -0.05) is 13.8 Å². The SMILES string of the molecule is CC(C)C(O)CCNC(=O)NCc1csc(N(C)C)n1. The minimum absolute atomic E-state index is 0.208. The van der Waals surface area contributed by atoms with Crippen LogP contribution >= 0.6 is 11.3 Å². The van der Waals surface area contributed by atoms with Gasteiger partial charge in [-0.3, -0.25) is 0 Å². The highest BCUT2D eigenvalue weighted by atomic mass is 32.1. The molecular weight excluding hydrogens is 276 g/mol. The maximum atomic E-state index is 11.6. The van der Waals surface area contributed by atoms with Crippen LogP contribution in [0.1, 0.15) is 26.0 Å². The number of hydrogen-bond acceptors (Lipinski definition) is 5. The lowest BCUT2D eigenvalue weighted by Gasteiger charge is -2.14. The van der Waals surface area contributed by atoms with Crippen LogP contribution in [-0.2, 0) is 6.54 Å². The number of carbonyl (C=O) groups excluding carboxylic acids is 1. The summed E-state index contributed by atoms with van der Waals surface area (Å²) in [6, 6.07) is -0.236. The van der Waals surface area contributed by atoms with Gasteiger partial charge in [0.25, 0.3) is 0 Å². The van der Waals surface area contributed by atoms with Crippen LogP contribution in [0.25, 0.3) is 0 Å². The summed E-state index contributed by atoms with van der Waals surface area (Å²) in [6.45, 7) is 4.78. The maximum absolute atomic E-state index is 11.6. The molecule has 0 spiro atoms. The van der Waals surface area contributed by atoms with Crippen molar-refractivity contribution in [1.82, 2.24) is 15.6 Å². The molecule has 7 heteroatoms. The maximum Gasteiger partial charge on any atom is 0.315 e. The highest BCUT2D eigenvalue weighted by molar-refractivity contribution is 7.13. The number of nitrogens with one attached hydrogen (secondary N) is 2. The van der Waals surface area contributed by atoms with Crippen molar-refractivity contribution in [2.75, 3.05) is 25.5 Å². The summed E-state index contributed by atoms with van der Waals surface area (Å²) in [6.07, 6.45) is 0.184. The Morgan fingerprint density at radius 1 is 1.45 bits per heavy atom. The first-order valence-electron chi connectivity index (χ1n) is 6.71. The van der Waals surface area contributed by atoms with E-state index in [-0.39, 0.29) is 18.1 Å². The molecule has 1 unspecified atom stereocenters. The first kappa shape index (κ1) is 16.7. The zero-order chi connectivity index (χ0) is 15.1. The zero-order valence-electron chi connectivity index (χ0n) is 12.5. The Bertz CT molecular complexity index is 420. The van der Waals surface area contributed by atoms with E-state index in [1.807, 2.05) is 38.2 Å². The Labute approximate surface area is 124 Å². The molecule has 0 aliphatic carbocycles. The number of thiazole rings is 1. The molecule has 1 rings (SSSR count). The first-order valence-corrected chi connectivity index (χ1v) is 7.59. The van der Waals surface area contributed by atoms with E-state index in [1.54, 1.807) is 11.3 Å². The molecule has 20 heavy (non-hydrogen) atoms. The van der Waals surface area contributed by atoms with Gasteiger partial charge in [0.05, 0.1) is 18.3 Å². The van der Waals surface area contributed by atoms with Gasteiger partial charge in [0.2, 0.25) is 0 Å². The number of aliphatic hydroxyl groups is 1. The molecule has 0 saturated heterocycles. The van der Waals surface area contributed by atoms with Gasteiger partial charge in [-0.25, -0.2) is 9.78 Å². The number of hydrogen-bond donors (Lipinski definition) is 3. The van der Waals surface area contributed by atoms with Gasteiger partial charge in [-0.15, -0.1) is 11.3 Å². The first-order chi connectivity index (χ1) is 9.40. The molecule has 1 atom stereocenters. The molecular formula is C13H24N4O2S. The smallest absolute Gasteiger partial charge is 0.315 e. The Hall–Kier alpha value is -1.34. The number of aliphatic hydroxyl groups excluding tert-OH is 1. The van der Waals surface area contributed by atoms with Crippen LogP contribution < -0.4 is 15.5 Å². The summed E-state index contributed by atoms with van der Waals surface area (Å²) in [4.78, 5) is 17.9. The van der Waals surface area contributed by atoms with Crippen molar-refractivity contribution in [3.63, 3.8) is 0 Å². The summed E-state index contributed by atoms with van der Waals surface area (Å²) in [5.74, 6) is 0.208. The predicted octanol–water partition coefficient (Wildman–Crippen LogP) is 1.42. The Morgan fingerprint density at radius 3 is 2.70 bits per heavy atom. The molecule has 0 saturated carbocycles. The van der Waals surface area contributed by atoms with Crippen molar-refractivity contribution >= 4 is 22.5 Å². The van der Waals surface area contributed by atoms with E-state index in [2.05, 4.69) is 15.6 Å². The molecule has 1 heterocycles. The van der Waals surface area contributed by atoms with E-state index in [0.717, 1.165) is 10.8 Å². The third-order valence-corrected chi connectivity index (χ3v) is 3.90. The molecule has 6 nitrogen and oxygen atoms in total. The molecule has 1 aromatic heterocycles. The van der Waals surface area contributed by atoms with Crippen LogP contribution in [0.4, 0.5) is 9.93 Å². The Balaban J connectivity index is 2.22. The molecule has 0 aliphatic rings. The van der Waals surface area contributed by atoms with Crippen molar-refractivity contribution in [3.8, 4) is 0 Å². The van der Waals surface area contributed by atoms with Gasteiger partial charge in [-0.2, -0.15) is 0 Å². The molecule has 114 valence electrons. The van der Waals surface area contributed by atoms with Gasteiger partial charge in [-0.05, 0) is 12.3 Å². The lowest BCUT2D eigenvalue weighted by Crippen LogP contribution is -2.37. The summed E-state index contributed by atoms with van der Waals surface area (Å²) in [5.41, 5.74) is 0.844. The number of carbonyl (C=O) groups is 1. The largest absolute Gasteiger partial charge is 0.393 e. The quantitative estimate of drug-likeness (QED) is 0.711. The van der Waals surface area contributed by atoms with Gasteiger partial charge in [0.1, 0.15) is 0 Å². The summed E-state index contributed by atoms with van der Waals surface area (Å²) in [7, 11) is 3.87. The Morgan fingerprint density at radius 2 is 2.15 bits per heavy atom. The van der Waals surface area contributed by atoms with Crippen molar-refractivity contribution in [3.05, 3.63) is 11.1 Å². The van der Waals surface area contributed by atoms with E-state index in [1.165, 1.54) is 0 Å². The minimum atomic E-state index is -0.378. The van der Waals surface area contributed by atoms with E-state index in [0.29, 0.717) is 19.5 Å². The van der Waals surface area contributed by atoms with Gasteiger partial charge >= 0.3 is 6.03 Å². The summed E-state index contributed by atoms with van der Waals surface area (Å²) >= 11 is 1.54. The van der Waals surface area contributed by atoms with Crippen LogP contribution in [0.3, 0.4) is 0 Å². The second-order valence-corrected chi connectivity index (χ2v) is 6.06. The molecule has 2 amide bonds.